The first-order chi connectivity index (χ1) is 9.76. The third kappa shape index (κ3) is 3.12. The maximum Gasteiger partial charge on any atom is 0.338 e. The van der Waals surface area contributed by atoms with E-state index in [0.717, 1.165) is 18.3 Å². The van der Waals surface area contributed by atoms with E-state index >= 15 is 0 Å². The lowest BCUT2D eigenvalue weighted by molar-refractivity contribution is 0.0526. The summed E-state index contributed by atoms with van der Waals surface area (Å²) < 4.78 is 5.03. The summed E-state index contributed by atoms with van der Waals surface area (Å²) in [5.41, 5.74) is 1.63. The Morgan fingerprint density at radius 1 is 1.40 bits per heavy atom. The van der Waals surface area contributed by atoms with E-state index in [0.29, 0.717) is 18.2 Å². The van der Waals surface area contributed by atoms with Crippen LogP contribution in [0.25, 0.3) is 0 Å². The van der Waals surface area contributed by atoms with Gasteiger partial charge in [-0.25, -0.2) is 4.79 Å². The number of nitrogens with zero attached hydrogens (tertiary/aromatic N) is 1. The van der Waals surface area contributed by atoms with E-state index < -0.39 is 0 Å². The minimum Gasteiger partial charge on any atom is -0.462 e. The van der Waals surface area contributed by atoms with Gasteiger partial charge in [0.1, 0.15) is 0 Å². The first-order valence-electron chi connectivity index (χ1n) is 7.54. The van der Waals surface area contributed by atoms with Crippen LogP contribution in [0.2, 0.25) is 0 Å². The highest BCUT2D eigenvalue weighted by molar-refractivity contribution is 5.90. The molecule has 0 bridgehead atoms. The van der Waals surface area contributed by atoms with E-state index in [1.165, 1.54) is 25.8 Å². The van der Waals surface area contributed by atoms with Crippen molar-refractivity contribution in [2.24, 2.45) is 0 Å². The van der Waals surface area contributed by atoms with Crippen LogP contribution in [0.3, 0.4) is 0 Å². The highest BCUT2D eigenvalue weighted by atomic mass is 16.5. The van der Waals surface area contributed by atoms with Gasteiger partial charge in [-0.3, -0.25) is 4.90 Å². The Morgan fingerprint density at radius 3 is 3.00 bits per heavy atom. The number of esters is 1. The summed E-state index contributed by atoms with van der Waals surface area (Å²) in [4.78, 5) is 14.3. The average molecular weight is 274 g/mol. The molecule has 1 heterocycles. The zero-order valence-corrected chi connectivity index (χ0v) is 12.0. The highest BCUT2D eigenvalue weighted by Crippen LogP contribution is 2.30. The Kier molecular flexibility index (Phi) is 3.92. The Morgan fingerprint density at radius 2 is 2.25 bits per heavy atom. The molecular formula is C16H22N2O2. The SMILES string of the molecule is CCOC(=O)c1cccc(NC2CCN(C3CC3)C2)c1. The van der Waals surface area contributed by atoms with Crippen molar-refractivity contribution in [3.8, 4) is 0 Å². The van der Waals surface area contributed by atoms with Gasteiger partial charge in [-0.1, -0.05) is 6.07 Å². The zero-order chi connectivity index (χ0) is 13.9. The van der Waals surface area contributed by atoms with Crippen LogP contribution in [0.1, 0.15) is 36.5 Å². The standard InChI is InChI=1S/C16H22N2O2/c1-2-20-16(19)12-4-3-5-13(10-12)17-14-8-9-18(11-14)15-6-7-15/h3-5,10,14-15,17H,2,6-9,11H2,1H3. The molecule has 1 saturated heterocycles. The average Bonchev–Trinajstić information content (AvgIpc) is 3.20. The number of anilines is 1. The van der Waals surface area contributed by atoms with E-state index in [-0.39, 0.29) is 5.97 Å². The largest absolute Gasteiger partial charge is 0.462 e. The maximum absolute atomic E-state index is 11.7. The van der Waals surface area contributed by atoms with Crippen LogP contribution in [0.4, 0.5) is 5.69 Å². The van der Waals surface area contributed by atoms with Crippen molar-refractivity contribution in [2.45, 2.75) is 38.3 Å². The van der Waals surface area contributed by atoms with Crippen molar-refractivity contribution in [1.82, 2.24) is 4.90 Å². The molecule has 1 unspecified atom stereocenters. The predicted molar refractivity (Wildman–Crippen MR) is 79.0 cm³/mol. The molecule has 1 saturated carbocycles. The fourth-order valence-electron chi connectivity index (χ4n) is 2.86. The number of nitrogens with one attached hydrogen (secondary N) is 1. The van der Waals surface area contributed by atoms with Gasteiger partial charge in [0.2, 0.25) is 0 Å². The molecule has 1 aliphatic carbocycles. The highest BCUT2D eigenvalue weighted by Gasteiger charge is 2.34. The summed E-state index contributed by atoms with van der Waals surface area (Å²) in [5.74, 6) is -0.248. The van der Waals surface area contributed by atoms with Crippen molar-refractivity contribution in [3.05, 3.63) is 29.8 Å². The van der Waals surface area contributed by atoms with Crippen LogP contribution in [0.15, 0.2) is 24.3 Å². The number of carbonyl (C=O) groups excluding carboxylic acids is 1. The molecule has 4 heteroatoms. The lowest BCUT2D eigenvalue weighted by Crippen LogP contribution is -2.27. The summed E-state index contributed by atoms with van der Waals surface area (Å²) in [6.07, 6.45) is 3.91. The molecule has 2 aliphatic rings. The zero-order valence-electron chi connectivity index (χ0n) is 12.0. The predicted octanol–water partition coefficient (Wildman–Crippen LogP) is 2.51. The van der Waals surface area contributed by atoms with Crippen LogP contribution in [-0.4, -0.2) is 42.6 Å². The molecule has 108 valence electrons. The van der Waals surface area contributed by atoms with E-state index in [9.17, 15) is 4.79 Å². The first-order valence-corrected chi connectivity index (χ1v) is 7.54. The molecule has 0 radical (unpaired) electrons. The van der Waals surface area contributed by atoms with E-state index in [4.69, 9.17) is 4.74 Å². The lowest BCUT2D eigenvalue weighted by atomic mass is 10.2. The van der Waals surface area contributed by atoms with Crippen molar-refractivity contribution in [1.29, 1.82) is 0 Å². The number of rotatable bonds is 5. The Balaban J connectivity index is 1.59. The fourth-order valence-corrected chi connectivity index (χ4v) is 2.86. The molecule has 1 N–H and O–H groups in total. The molecule has 0 amide bonds. The normalized spacial score (nSPS) is 22.8. The summed E-state index contributed by atoms with van der Waals surface area (Å²) in [6.45, 7) is 4.55. The van der Waals surface area contributed by atoms with Crippen LogP contribution < -0.4 is 5.32 Å². The molecule has 3 rings (SSSR count). The number of benzene rings is 1. The molecule has 1 aliphatic heterocycles. The summed E-state index contributed by atoms with van der Waals surface area (Å²) in [6, 6.07) is 8.94. The molecular weight excluding hydrogens is 252 g/mol. The molecule has 0 spiro atoms. The number of hydrogen-bond acceptors (Lipinski definition) is 4. The number of ether oxygens (including phenoxy) is 1. The molecule has 4 nitrogen and oxygen atoms in total. The van der Waals surface area contributed by atoms with Crippen LogP contribution in [-0.2, 0) is 4.74 Å². The maximum atomic E-state index is 11.7. The van der Waals surface area contributed by atoms with Gasteiger partial charge in [0.25, 0.3) is 0 Å². The van der Waals surface area contributed by atoms with Gasteiger partial charge in [-0.05, 0) is 44.4 Å². The summed E-state index contributed by atoms with van der Waals surface area (Å²) >= 11 is 0. The summed E-state index contributed by atoms with van der Waals surface area (Å²) in [5, 5.41) is 3.54. The first kappa shape index (κ1) is 13.4. The number of hydrogen-bond donors (Lipinski definition) is 1. The smallest absolute Gasteiger partial charge is 0.338 e. The molecule has 1 atom stereocenters. The Labute approximate surface area is 120 Å². The number of carbonyl (C=O) groups is 1. The van der Waals surface area contributed by atoms with Crippen LogP contribution in [0.5, 0.6) is 0 Å². The minimum absolute atomic E-state index is 0.248. The molecule has 0 aromatic heterocycles. The van der Waals surface area contributed by atoms with Crippen LogP contribution in [0, 0.1) is 0 Å². The van der Waals surface area contributed by atoms with Gasteiger partial charge in [0.15, 0.2) is 0 Å². The van der Waals surface area contributed by atoms with Crippen molar-refractivity contribution in [3.63, 3.8) is 0 Å². The van der Waals surface area contributed by atoms with Crippen molar-refractivity contribution < 1.29 is 9.53 Å². The Hall–Kier alpha value is -1.55. The molecule has 1 aromatic rings. The van der Waals surface area contributed by atoms with Gasteiger partial charge >= 0.3 is 5.97 Å². The second kappa shape index (κ2) is 5.83. The van der Waals surface area contributed by atoms with Crippen LogP contribution >= 0.6 is 0 Å². The third-order valence-corrected chi connectivity index (χ3v) is 4.03. The molecule has 2 fully saturated rings. The minimum atomic E-state index is -0.248. The second-order valence-corrected chi connectivity index (χ2v) is 5.66. The van der Waals surface area contributed by atoms with Gasteiger partial charge in [-0.2, -0.15) is 0 Å². The van der Waals surface area contributed by atoms with Gasteiger partial charge in [0.05, 0.1) is 12.2 Å². The van der Waals surface area contributed by atoms with Gasteiger partial charge < -0.3 is 10.1 Å². The third-order valence-electron chi connectivity index (χ3n) is 4.03. The van der Waals surface area contributed by atoms with E-state index in [1.54, 1.807) is 6.07 Å². The fraction of sp³-hybridized carbons (Fsp3) is 0.562. The number of likely N-dealkylation sites (tertiary alicyclic amines) is 1. The van der Waals surface area contributed by atoms with E-state index in [1.807, 2.05) is 25.1 Å². The lowest BCUT2D eigenvalue weighted by Gasteiger charge is -2.17. The van der Waals surface area contributed by atoms with Crippen molar-refractivity contribution in [2.75, 3.05) is 25.0 Å². The second-order valence-electron chi connectivity index (χ2n) is 5.66. The molecule has 20 heavy (non-hydrogen) atoms. The summed E-state index contributed by atoms with van der Waals surface area (Å²) in [7, 11) is 0. The van der Waals surface area contributed by atoms with Crippen molar-refractivity contribution >= 4 is 11.7 Å². The molecule has 1 aromatic carbocycles. The Bertz CT molecular complexity index is 485. The monoisotopic (exact) mass is 274 g/mol. The topological polar surface area (TPSA) is 41.6 Å². The van der Waals surface area contributed by atoms with E-state index in [2.05, 4.69) is 10.2 Å². The quantitative estimate of drug-likeness (QED) is 0.838. The van der Waals surface area contributed by atoms with Gasteiger partial charge in [-0.15, -0.1) is 0 Å². The van der Waals surface area contributed by atoms with Gasteiger partial charge in [0, 0.05) is 30.9 Å².